The normalized spacial score (nSPS) is 20.7. The molecule has 0 aliphatic carbocycles. The van der Waals surface area contributed by atoms with Gasteiger partial charge in [-0.1, -0.05) is 0 Å². The number of ether oxygens (including phenoxy) is 1. The van der Waals surface area contributed by atoms with Crippen LogP contribution in [0.4, 0.5) is 11.5 Å². The lowest BCUT2D eigenvalue weighted by Crippen LogP contribution is -2.60. The highest BCUT2D eigenvalue weighted by Gasteiger charge is 2.45. The van der Waals surface area contributed by atoms with Crippen molar-refractivity contribution in [3.63, 3.8) is 0 Å². The first-order valence-electron chi connectivity index (χ1n) is 8.13. The molecule has 2 aliphatic rings. The third kappa shape index (κ3) is 2.28. The fourth-order valence-electron chi connectivity index (χ4n) is 3.95. The van der Waals surface area contributed by atoms with Crippen molar-refractivity contribution in [3.8, 4) is 5.75 Å². The molecule has 1 aromatic heterocycles. The molecule has 3 heterocycles. The van der Waals surface area contributed by atoms with Crippen LogP contribution in [0.5, 0.6) is 5.75 Å². The van der Waals surface area contributed by atoms with Crippen LogP contribution in [0, 0.1) is 5.41 Å². The minimum Gasteiger partial charge on any atom is -0.495 e. The summed E-state index contributed by atoms with van der Waals surface area (Å²) in [5.41, 5.74) is 8.52. The molecule has 1 spiro atoms. The molecule has 6 heteroatoms. The Hall–Kier alpha value is -2.08. The third-order valence-electron chi connectivity index (χ3n) is 5.41. The number of aromatic nitrogens is 2. The van der Waals surface area contributed by atoms with Crippen molar-refractivity contribution in [2.24, 2.45) is 5.41 Å². The van der Waals surface area contributed by atoms with E-state index < -0.39 is 0 Å². The van der Waals surface area contributed by atoms with Crippen molar-refractivity contribution in [2.75, 3.05) is 51.0 Å². The highest BCUT2D eigenvalue weighted by Crippen LogP contribution is 2.47. The molecule has 0 saturated carbocycles. The number of nitrogens with two attached hydrogens (primary N) is 1. The molecule has 6 nitrogen and oxygen atoms in total. The zero-order chi connectivity index (χ0) is 16.0. The Morgan fingerprint density at radius 3 is 2.61 bits per heavy atom. The lowest BCUT2D eigenvalue weighted by molar-refractivity contribution is 0.0905. The number of methoxy groups -OCH3 is 1. The molecule has 0 radical (unpaired) electrons. The monoisotopic (exact) mass is 313 g/mol. The van der Waals surface area contributed by atoms with E-state index in [1.54, 1.807) is 7.11 Å². The van der Waals surface area contributed by atoms with Gasteiger partial charge in [-0.2, -0.15) is 0 Å². The fraction of sp³-hybridized carbons (Fsp3) is 0.529. The average molecular weight is 313 g/mol. The van der Waals surface area contributed by atoms with Gasteiger partial charge >= 0.3 is 0 Å². The van der Waals surface area contributed by atoms with E-state index >= 15 is 0 Å². The highest BCUT2D eigenvalue weighted by atomic mass is 16.5. The van der Waals surface area contributed by atoms with Crippen LogP contribution < -0.4 is 15.4 Å². The highest BCUT2D eigenvalue weighted by molar-refractivity contribution is 6.02. The summed E-state index contributed by atoms with van der Waals surface area (Å²) < 4.78 is 5.60. The van der Waals surface area contributed by atoms with Crippen LogP contribution in [0.15, 0.2) is 18.5 Å². The second kappa shape index (κ2) is 5.23. The van der Waals surface area contributed by atoms with Crippen LogP contribution in [0.1, 0.15) is 12.8 Å². The number of piperidine rings is 1. The lowest BCUT2D eigenvalue weighted by Gasteiger charge is -2.55. The Morgan fingerprint density at radius 2 is 1.91 bits per heavy atom. The summed E-state index contributed by atoms with van der Waals surface area (Å²) in [6.07, 6.45) is 4.04. The second-order valence-electron chi connectivity index (χ2n) is 6.93. The summed E-state index contributed by atoms with van der Waals surface area (Å²) in [5.74, 6) is 1.37. The van der Waals surface area contributed by atoms with Gasteiger partial charge in [-0.25, -0.2) is 9.97 Å². The van der Waals surface area contributed by atoms with Crippen LogP contribution in [-0.2, 0) is 0 Å². The fourth-order valence-corrected chi connectivity index (χ4v) is 3.95. The SMILES string of the molecule is COc1ccc2ncnc(N)c2c1N1CC2(CCN(C)CC2)C1. The third-order valence-corrected chi connectivity index (χ3v) is 5.41. The molecule has 2 fully saturated rings. The largest absolute Gasteiger partial charge is 0.495 e. The van der Waals surface area contributed by atoms with Crippen molar-refractivity contribution in [1.82, 2.24) is 14.9 Å². The van der Waals surface area contributed by atoms with Gasteiger partial charge in [-0.3, -0.25) is 0 Å². The van der Waals surface area contributed by atoms with E-state index in [0.717, 1.165) is 35.4 Å². The first-order chi connectivity index (χ1) is 11.1. The van der Waals surface area contributed by atoms with E-state index in [9.17, 15) is 0 Å². The Morgan fingerprint density at radius 1 is 1.17 bits per heavy atom. The van der Waals surface area contributed by atoms with E-state index in [4.69, 9.17) is 10.5 Å². The van der Waals surface area contributed by atoms with Crippen molar-refractivity contribution in [2.45, 2.75) is 12.8 Å². The number of hydrogen-bond acceptors (Lipinski definition) is 6. The van der Waals surface area contributed by atoms with Crippen LogP contribution in [0.2, 0.25) is 0 Å². The lowest BCUT2D eigenvalue weighted by atomic mass is 9.71. The van der Waals surface area contributed by atoms with Crippen LogP contribution in [0.3, 0.4) is 0 Å². The molecule has 0 atom stereocenters. The molecule has 2 saturated heterocycles. The predicted molar refractivity (Wildman–Crippen MR) is 91.9 cm³/mol. The number of fused-ring (bicyclic) bond motifs is 1. The molecule has 4 rings (SSSR count). The van der Waals surface area contributed by atoms with Gasteiger partial charge < -0.3 is 20.3 Å². The number of nitrogens with zero attached hydrogens (tertiary/aromatic N) is 4. The topological polar surface area (TPSA) is 67.5 Å². The number of hydrogen-bond donors (Lipinski definition) is 1. The standard InChI is InChI=1S/C17H23N5O/c1-21-7-5-17(6-8-21)9-22(10-17)15-13(23-2)4-3-12-14(15)16(18)20-11-19-12/h3-4,11H,5-10H2,1-2H3,(H2,18,19,20). The molecule has 0 bridgehead atoms. The van der Waals surface area contributed by atoms with Crippen molar-refractivity contribution in [3.05, 3.63) is 18.5 Å². The number of anilines is 2. The zero-order valence-electron chi connectivity index (χ0n) is 13.7. The van der Waals surface area contributed by atoms with E-state index in [2.05, 4.69) is 26.8 Å². The second-order valence-corrected chi connectivity index (χ2v) is 6.93. The first kappa shape index (κ1) is 14.5. The average Bonchev–Trinajstić information content (AvgIpc) is 2.53. The molecule has 2 aromatic rings. The van der Waals surface area contributed by atoms with Gasteiger partial charge in [0.15, 0.2) is 0 Å². The zero-order valence-corrected chi connectivity index (χ0v) is 13.7. The first-order valence-corrected chi connectivity index (χ1v) is 8.13. The summed E-state index contributed by atoms with van der Waals surface area (Å²) in [4.78, 5) is 13.3. The molecule has 0 unspecified atom stereocenters. The summed E-state index contributed by atoms with van der Waals surface area (Å²) in [7, 11) is 3.91. The molecule has 2 N–H and O–H groups in total. The number of likely N-dealkylation sites (tertiary alicyclic amines) is 1. The smallest absolute Gasteiger partial charge is 0.143 e. The van der Waals surface area contributed by atoms with Crippen molar-refractivity contribution in [1.29, 1.82) is 0 Å². The Kier molecular flexibility index (Phi) is 3.30. The molecule has 1 aromatic carbocycles. The molecule has 23 heavy (non-hydrogen) atoms. The quantitative estimate of drug-likeness (QED) is 0.911. The van der Waals surface area contributed by atoms with Gasteiger partial charge in [0, 0.05) is 18.5 Å². The maximum atomic E-state index is 6.15. The van der Waals surface area contributed by atoms with Gasteiger partial charge in [0.25, 0.3) is 0 Å². The summed E-state index contributed by atoms with van der Waals surface area (Å²) in [6.45, 7) is 4.49. The molecule has 122 valence electrons. The maximum absolute atomic E-state index is 6.15. The van der Waals surface area contributed by atoms with E-state index in [0.29, 0.717) is 11.2 Å². The predicted octanol–water partition coefficient (Wildman–Crippen LogP) is 1.75. The van der Waals surface area contributed by atoms with E-state index in [-0.39, 0.29) is 0 Å². The summed E-state index contributed by atoms with van der Waals surface area (Å²) >= 11 is 0. The summed E-state index contributed by atoms with van der Waals surface area (Å²) in [6, 6.07) is 3.92. The number of benzene rings is 1. The molecule has 2 aliphatic heterocycles. The Bertz CT molecular complexity index is 731. The van der Waals surface area contributed by atoms with Gasteiger partial charge in [0.1, 0.15) is 17.9 Å². The van der Waals surface area contributed by atoms with Crippen LogP contribution in [0.25, 0.3) is 10.9 Å². The van der Waals surface area contributed by atoms with Crippen LogP contribution >= 0.6 is 0 Å². The van der Waals surface area contributed by atoms with Crippen molar-refractivity contribution < 1.29 is 4.74 Å². The number of rotatable bonds is 2. The Balaban J connectivity index is 1.70. The van der Waals surface area contributed by atoms with Gasteiger partial charge in [0.05, 0.1) is 23.7 Å². The van der Waals surface area contributed by atoms with E-state index in [1.165, 1.54) is 32.3 Å². The Labute approximate surface area is 136 Å². The van der Waals surface area contributed by atoms with Gasteiger partial charge in [0.2, 0.25) is 0 Å². The molecular formula is C17H23N5O. The molecular weight excluding hydrogens is 290 g/mol. The number of nitrogen functional groups attached to an aromatic ring is 1. The summed E-state index contributed by atoms with van der Waals surface area (Å²) in [5, 5.41) is 0.912. The van der Waals surface area contributed by atoms with Crippen molar-refractivity contribution >= 4 is 22.4 Å². The minimum absolute atomic E-state index is 0.448. The van der Waals surface area contributed by atoms with Gasteiger partial charge in [-0.05, 0) is 45.1 Å². The molecule has 0 amide bonds. The minimum atomic E-state index is 0.448. The van der Waals surface area contributed by atoms with Crippen LogP contribution in [-0.4, -0.2) is 55.2 Å². The van der Waals surface area contributed by atoms with Gasteiger partial charge in [-0.15, -0.1) is 0 Å². The van der Waals surface area contributed by atoms with E-state index in [1.807, 2.05) is 12.1 Å². The maximum Gasteiger partial charge on any atom is 0.143 e.